The maximum Gasteiger partial charge on any atom is 0.416 e. The van der Waals surface area contributed by atoms with E-state index in [1.807, 2.05) is 47.5 Å². The summed E-state index contributed by atoms with van der Waals surface area (Å²) in [5.41, 5.74) is 3.91. The predicted molar refractivity (Wildman–Crippen MR) is 154 cm³/mol. The van der Waals surface area contributed by atoms with E-state index < -0.39 is 17.7 Å². The van der Waals surface area contributed by atoms with Crippen molar-refractivity contribution < 1.29 is 18.0 Å². The van der Waals surface area contributed by atoms with Crippen molar-refractivity contribution in [2.45, 2.75) is 31.9 Å². The third-order valence-corrected chi connectivity index (χ3v) is 7.78. The molecule has 1 N–H and O–H groups in total. The van der Waals surface area contributed by atoms with Crippen molar-refractivity contribution in [3.05, 3.63) is 113 Å². The van der Waals surface area contributed by atoms with Crippen LogP contribution in [0.15, 0.2) is 85.1 Å². The molecule has 1 atom stereocenters. The molecule has 1 amide bonds. The topological polar surface area (TPSA) is 39.3 Å². The van der Waals surface area contributed by atoms with E-state index in [-0.39, 0.29) is 12.3 Å². The molecule has 7 heteroatoms. The van der Waals surface area contributed by atoms with Gasteiger partial charge in [0, 0.05) is 62.2 Å². The van der Waals surface area contributed by atoms with Gasteiger partial charge in [-0.15, -0.1) is 0 Å². The number of amides is 1. The van der Waals surface area contributed by atoms with Gasteiger partial charge >= 0.3 is 6.18 Å². The largest absolute Gasteiger partial charge is 0.416 e. The fraction of sp³-hybridized carbons (Fsp3) is 0.303. The van der Waals surface area contributed by atoms with Crippen LogP contribution < -0.4 is 0 Å². The second kappa shape index (κ2) is 12.1. The monoisotopic (exact) mass is 545 g/mol. The normalized spacial score (nSPS) is 15.7. The molecular weight excluding hydrogens is 511 g/mol. The number of carbonyl (C=O) groups is 1. The van der Waals surface area contributed by atoms with Crippen LogP contribution in [-0.4, -0.2) is 53.4 Å². The van der Waals surface area contributed by atoms with Crippen molar-refractivity contribution in [3.8, 4) is 0 Å². The Morgan fingerprint density at radius 3 is 2.45 bits per heavy atom. The minimum absolute atomic E-state index is 0.0390. The number of alkyl halides is 3. The van der Waals surface area contributed by atoms with Crippen LogP contribution in [0.5, 0.6) is 0 Å². The van der Waals surface area contributed by atoms with Gasteiger partial charge in [-0.2, -0.15) is 13.2 Å². The van der Waals surface area contributed by atoms with Gasteiger partial charge in [-0.05, 0) is 34.7 Å². The Kier molecular flexibility index (Phi) is 8.40. The Hall–Kier alpha value is -3.84. The minimum Gasteiger partial charge on any atom is -0.361 e. The van der Waals surface area contributed by atoms with E-state index >= 15 is 0 Å². The van der Waals surface area contributed by atoms with Crippen LogP contribution in [0.4, 0.5) is 13.2 Å². The quantitative estimate of drug-likeness (QED) is 0.256. The Labute approximate surface area is 233 Å². The first-order valence-corrected chi connectivity index (χ1v) is 13.8. The van der Waals surface area contributed by atoms with Gasteiger partial charge in [0.1, 0.15) is 0 Å². The van der Waals surface area contributed by atoms with E-state index in [9.17, 15) is 18.0 Å². The highest BCUT2D eigenvalue weighted by Gasteiger charge is 2.32. The number of benzene rings is 3. The van der Waals surface area contributed by atoms with Gasteiger partial charge in [0.05, 0.1) is 5.56 Å². The van der Waals surface area contributed by atoms with Crippen LogP contribution in [0, 0.1) is 0 Å². The molecule has 1 saturated heterocycles. The lowest BCUT2D eigenvalue weighted by Gasteiger charge is -2.35. The van der Waals surface area contributed by atoms with Crippen molar-refractivity contribution in [3.63, 3.8) is 0 Å². The number of aryl methyl sites for hydroxylation is 1. The molecule has 40 heavy (non-hydrogen) atoms. The summed E-state index contributed by atoms with van der Waals surface area (Å²) >= 11 is 0. The Bertz CT molecular complexity index is 1470. The van der Waals surface area contributed by atoms with Crippen LogP contribution >= 0.6 is 0 Å². The third kappa shape index (κ3) is 6.31. The van der Waals surface area contributed by atoms with Crippen LogP contribution in [0.2, 0.25) is 0 Å². The van der Waals surface area contributed by atoms with Gasteiger partial charge in [-0.3, -0.25) is 9.69 Å². The van der Waals surface area contributed by atoms with Crippen LogP contribution in [0.1, 0.15) is 47.1 Å². The van der Waals surface area contributed by atoms with E-state index in [1.54, 1.807) is 6.07 Å². The van der Waals surface area contributed by atoms with E-state index in [1.165, 1.54) is 12.1 Å². The molecule has 0 radical (unpaired) electrons. The summed E-state index contributed by atoms with van der Waals surface area (Å²) in [6.07, 6.45) is 2.58. The fourth-order valence-corrected chi connectivity index (χ4v) is 5.55. The Balaban J connectivity index is 1.33. The average molecular weight is 546 g/mol. The van der Waals surface area contributed by atoms with Crippen molar-refractivity contribution >= 4 is 22.9 Å². The first-order valence-electron chi connectivity index (χ1n) is 13.8. The van der Waals surface area contributed by atoms with E-state index in [0.717, 1.165) is 59.7 Å². The molecule has 4 nitrogen and oxygen atoms in total. The lowest BCUT2D eigenvalue weighted by atomic mass is 9.86. The molecule has 4 aromatic rings. The molecular formula is C33H34F3N3O. The smallest absolute Gasteiger partial charge is 0.361 e. The number of aromatic amines is 1. The second-order valence-corrected chi connectivity index (χ2v) is 10.3. The summed E-state index contributed by atoms with van der Waals surface area (Å²) in [6, 6.07) is 21.5. The lowest BCUT2D eigenvalue weighted by Crippen LogP contribution is -2.48. The number of para-hydroxylation sites is 1. The SMILES string of the molecule is CCc1cccc2c(C(CC(=O)N3CCN(C/C=C/c4ccccc4)CC3)c3cccc(C(F)(F)F)c3)c[nH]c12. The molecule has 1 fully saturated rings. The van der Waals surface area contributed by atoms with Crippen LogP contribution in [0.3, 0.4) is 0 Å². The summed E-state index contributed by atoms with van der Waals surface area (Å²) in [5.74, 6) is -0.537. The second-order valence-electron chi connectivity index (χ2n) is 10.3. The predicted octanol–water partition coefficient (Wildman–Crippen LogP) is 7.13. The minimum atomic E-state index is -4.45. The number of rotatable bonds is 8. The number of hydrogen-bond acceptors (Lipinski definition) is 2. The number of carbonyl (C=O) groups excluding carboxylic acids is 1. The summed E-state index contributed by atoms with van der Waals surface area (Å²) in [4.78, 5) is 21.1. The highest BCUT2D eigenvalue weighted by Crippen LogP contribution is 2.38. The summed E-state index contributed by atoms with van der Waals surface area (Å²) in [6.45, 7) is 5.58. The molecule has 208 valence electrons. The van der Waals surface area contributed by atoms with Gasteiger partial charge in [0.25, 0.3) is 0 Å². The first-order chi connectivity index (χ1) is 19.3. The fourth-order valence-electron chi connectivity index (χ4n) is 5.55. The maximum atomic E-state index is 13.6. The van der Waals surface area contributed by atoms with Crippen molar-refractivity contribution in [1.29, 1.82) is 0 Å². The Morgan fingerprint density at radius 2 is 1.73 bits per heavy atom. The molecule has 1 unspecified atom stereocenters. The Morgan fingerprint density at radius 1 is 0.975 bits per heavy atom. The number of nitrogens with zero attached hydrogens (tertiary/aromatic N) is 2. The van der Waals surface area contributed by atoms with Crippen molar-refractivity contribution in [2.24, 2.45) is 0 Å². The van der Waals surface area contributed by atoms with E-state index in [2.05, 4.69) is 41.1 Å². The molecule has 0 saturated carbocycles. The number of fused-ring (bicyclic) bond motifs is 1. The molecule has 2 heterocycles. The first kappa shape index (κ1) is 27.7. The average Bonchev–Trinajstić information content (AvgIpc) is 3.40. The third-order valence-electron chi connectivity index (χ3n) is 7.78. The standard InChI is InChI=1S/C33H34F3N3O/c1-2-25-12-7-15-28-30(23-37-32(25)28)29(26-13-6-14-27(21-26)33(34,35)36)22-31(40)39-19-17-38(18-20-39)16-8-11-24-9-4-3-5-10-24/h3-15,21,23,29,37H,2,16-20,22H2,1H3/b11-8+. The number of aromatic nitrogens is 1. The van der Waals surface area contributed by atoms with E-state index in [0.29, 0.717) is 18.7 Å². The molecule has 1 aliphatic rings. The van der Waals surface area contributed by atoms with Gasteiger partial charge in [0.2, 0.25) is 5.91 Å². The van der Waals surface area contributed by atoms with Gasteiger partial charge in [0.15, 0.2) is 0 Å². The summed E-state index contributed by atoms with van der Waals surface area (Å²) in [7, 11) is 0. The molecule has 0 bridgehead atoms. The van der Waals surface area contributed by atoms with Crippen molar-refractivity contribution in [2.75, 3.05) is 32.7 Å². The summed E-state index contributed by atoms with van der Waals surface area (Å²) < 4.78 is 40.8. The highest BCUT2D eigenvalue weighted by molar-refractivity contribution is 5.88. The summed E-state index contributed by atoms with van der Waals surface area (Å²) in [5, 5.41) is 0.949. The number of H-pyrrole nitrogens is 1. The number of hydrogen-bond donors (Lipinski definition) is 1. The molecule has 1 aromatic heterocycles. The lowest BCUT2D eigenvalue weighted by molar-refractivity contribution is -0.137. The molecule has 1 aliphatic heterocycles. The zero-order chi connectivity index (χ0) is 28.1. The molecule has 3 aromatic carbocycles. The maximum absolute atomic E-state index is 13.6. The van der Waals surface area contributed by atoms with Gasteiger partial charge < -0.3 is 9.88 Å². The van der Waals surface area contributed by atoms with Crippen molar-refractivity contribution in [1.82, 2.24) is 14.8 Å². The number of piperazine rings is 1. The van der Waals surface area contributed by atoms with E-state index in [4.69, 9.17) is 0 Å². The zero-order valence-electron chi connectivity index (χ0n) is 22.6. The van der Waals surface area contributed by atoms with Gasteiger partial charge in [-0.25, -0.2) is 0 Å². The van der Waals surface area contributed by atoms with Gasteiger partial charge in [-0.1, -0.05) is 85.8 Å². The zero-order valence-corrected chi connectivity index (χ0v) is 22.6. The van der Waals surface area contributed by atoms with Crippen LogP contribution in [0.25, 0.3) is 17.0 Å². The highest BCUT2D eigenvalue weighted by atomic mass is 19.4. The number of nitrogens with one attached hydrogen (secondary N) is 1. The molecule has 0 spiro atoms. The van der Waals surface area contributed by atoms with Crippen LogP contribution in [-0.2, 0) is 17.4 Å². The number of halogens is 3. The molecule has 0 aliphatic carbocycles. The molecule has 5 rings (SSSR count).